The predicted molar refractivity (Wildman–Crippen MR) is 149 cm³/mol. The summed E-state index contributed by atoms with van der Waals surface area (Å²) in [5.74, 6) is -0.144. The van der Waals surface area contributed by atoms with E-state index in [4.69, 9.17) is 28.6 Å². The molecule has 0 aliphatic carbocycles. The number of anilines is 1. The van der Waals surface area contributed by atoms with Crippen LogP contribution in [0.4, 0.5) is 11.4 Å². The van der Waals surface area contributed by atoms with E-state index >= 15 is 0 Å². The molecule has 1 aromatic heterocycles. The van der Waals surface area contributed by atoms with Crippen molar-refractivity contribution in [3.05, 3.63) is 105 Å². The molecule has 1 N–H and O–H groups in total. The van der Waals surface area contributed by atoms with E-state index < -0.39 is 16.7 Å². The quantitative estimate of drug-likeness (QED) is 0.112. The molecule has 194 valence electrons. The van der Waals surface area contributed by atoms with E-state index in [1.807, 2.05) is 30.3 Å². The number of nitro benzene ring substituents is 1. The Morgan fingerprint density at radius 2 is 1.64 bits per heavy atom. The molecule has 1 aliphatic heterocycles. The number of hydrogen-bond acceptors (Lipinski definition) is 7. The maximum atomic E-state index is 13.5. The highest BCUT2D eigenvalue weighted by molar-refractivity contribution is 7.80. The minimum atomic E-state index is -0.695. The molecule has 4 aromatic rings. The number of para-hydroxylation sites is 1. The first kappa shape index (κ1) is 25.8. The Morgan fingerprint density at radius 3 is 2.28 bits per heavy atom. The summed E-state index contributed by atoms with van der Waals surface area (Å²) in [7, 11) is 1.60. The van der Waals surface area contributed by atoms with Gasteiger partial charge in [-0.3, -0.25) is 34.6 Å². The van der Waals surface area contributed by atoms with Gasteiger partial charge < -0.3 is 4.74 Å². The van der Waals surface area contributed by atoms with Crippen molar-refractivity contribution in [3.63, 3.8) is 0 Å². The summed E-state index contributed by atoms with van der Waals surface area (Å²) in [6.07, 6.45) is 1.34. The second-order valence-corrected chi connectivity index (χ2v) is 9.09. The van der Waals surface area contributed by atoms with Crippen LogP contribution in [-0.2, 0) is 16.6 Å². The zero-order valence-corrected chi connectivity index (χ0v) is 21.8. The number of carbonyl (C=O) groups is 2. The van der Waals surface area contributed by atoms with Crippen LogP contribution < -0.4 is 15.0 Å². The Labute approximate surface area is 232 Å². The third kappa shape index (κ3) is 5.13. The van der Waals surface area contributed by atoms with E-state index in [-0.39, 0.29) is 21.5 Å². The van der Waals surface area contributed by atoms with Crippen molar-refractivity contribution in [3.8, 4) is 22.8 Å². The fraction of sp³-hybridized carbons (Fsp3) is 0.0370. The van der Waals surface area contributed by atoms with Crippen molar-refractivity contribution in [1.29, 1.82) is 0 Å². The normalized spacial score (nSPS) is 14.5. The summed E-state index contributed by atoms with van der Waals surface area (Å²) >= 11 is 11.8. The lowest BCUT2D eigenvalue weighted by atomic mass is 10.0. The highest BCUT2D eigenvalue weighted by atomic mass is 35.5. The lowest BCUT2D eigenvalue weighted by molar-refractivity contribution is -0.384. The number of non-ortho nitro benzene ring substituents is 1. The van der Waals surface area contributed by atoms with Gasteiger partial charge in [0.05, 0.1) is 10.6 Å². The van der Waals surface area contributed by atoms with Crippen LogP contribution in [0.15, 0.2) is 84.4 Å². The minimum Gasteiger partial charge on any atom is -0.457 e. The highest BCUT2D eigenvalue weighted by Crippen LogP contribution is 2.33. The number of benzene rings is 3. The Bertz CT molecular complexity index is 1650. The Hall–Kier alpha value is -4.87. The van der Waals surface area contributed by atoms with Crippen molar-refractivity contribution >= 4 is 58.2 Å². The highest BCUT2D eigenvalue weighted by Gasteiger charge is 2.35. The van der Waals surface area contributed by atoms with Gasteiger partial charge in [0.15, 0.2) is 5.11 Å². The van der Waals surface area contributed by atoms with Crippen LogP contribution in [0.25, 0.3) is 17.3 Å². The number of nitro groups is 1. The van der Waals surface area contributed by atoms with Crippen LogP contribution in [0.5, 0.6) is 11.5 Å². The lowest BCUT2D eigenvalue weighted by Gasteiger charge is -2.29. The summed E-state index contributed by atoms with van der Waals surface area (Å²) in [5.41, 5.74) is 1.26. The molecular weight excluding hydrogens is 542 g/mol. The number of hydrogen-bond donors (Lipinski definition) is 1. The smallest absolute Gasteiger partial charge is 0.270 e. The second-order valence-electron chi connectivity index (χ2n) is 8.35. The number of carbonyl (C=O) groups excluding carboxylic acids is 2. The molecule has 0 bridgehead atoms. The molecular formula is C27H18ClN5O5S. The number of aromatic nitrogens is 2. The Morgan fingerprint density at radius 1 is 1.00 bits per heavy atom. The van der Waals surface area contributed by atoms with E-state index in [1.165, 1.54) is 39.9 Å². The fourth-order valence-electron chi connectivity index (χ4n) is 3.93. The first-order chi connectivity index (χ1) is 18.7. The standard InChI is InChI=1S/C27H18ClN5O5S/c1-31-24(28)21(23(30-31)16-7-9-18(10-8-16)33(36)37)15-22-25(34)29-27(39)32(26(22)35)17-11-13-20(14-12-17)38-19-5-3-2-4-6-19/h2-15H,1H3,(H,29,34,39). The lowest BCUT2D eigenvalue weighted by Crippen LogP contribution is -2.54. The van der Waals surface area contributed by atoms with E-state index in [9.17, 15) is 19.7 Å². The van der Waals surface area contributed by atoms with Gasteiger partial charge in [0.2, 0.25) is 0 Å². The molecule has 0 radical (unpaired) electrons. The monoisotopic (exact) mass is 559 g/mol. The number of rotatable bonds is 6. The second kappa shape index (κ2) is 10.5. The molecule has 0 saturated carbocycles. The fourth-order valence-corrected chi connectivity index (χ4v) is 4.39. The molecule has 3 aromatic carbocycles. The zero-order valence-electron chi connectivity index (χ0n) is 20.2. The molecule has 1 fully saturated rings. The van der Waals surface area contributed by atoms with Gasteiger partial charge in [-0.25, -0.2) is 0 Å². The molecule has 0 unspecified atom stereocenters. The largest absolute Gasteiger partial charge is 0.457 e. The van der Waals surface area contributed by atoms with E-state index in [1.54, 1.807) is 31.3 Å². The van der Waals surface area contributed by atoms with E-state index in [0.29, 0.717) is 34.0 Å². The van der Waals surface area contributed by atoms with Gasteiger partial charge in [-0.2, -0.15) is 5.10 Å². The topological polar surface area (TPSA) is 120 Å². The third-order valence-electron chi connectivity index (χ3n) is 5.83. The summed E-state index contributed by atoms with van der Waals surface area (Å²) in [4.78, 5) is 38.1. The van der Waals surface area contributed by atoms with Crippen LogP contribution in [0, 0.1) is 10.1 Å². The van der Waals surface area contributed by atoms with Gasteiger partial charge >= 0.3 is 0 Å². The molecule has 10 nitrogen and oxygen atoms in total. The maximum absolute atomic E-state index is 13.5. The van der Waals surface area contributed by atoms with Gasteiger partial charge in [0.1, 0.15) is 27.9 Å². The predicted octanol–water partition coefficient (Wildman–Crippen LogP) is 5.27. The van der Waals surface area contributed by atoms with Gasteiger partial charge in [0.25, 0.3) is 17.5 Å². The Kier molecular flexibility index (Phi) is 6.92. The van der Waals surface area contributed by atoms with Crippen LogP contribution in [0.1, 0.15) is 5.56 Å². The number of ether oxygens (including phenoxy) is 1. The molecule has 39 heavy (non-hydrogen) atoms. The van der Waals surface area contributed by atoms with Crippen molar-refractivity contribution in [2.75, 3.05) is 4.90 Å². The zero-order chi connectivity index (χ0) is 27.7. The van der Waals surface area contributed by atoms with Gasteiger partial charge in [-0.1, -0.05) is 29.8 Å². The van der Waals surface area contributed by atoms with Gasteiger partial charge in [-0.15, -0.1) is 0 Å². The molecule has 5 rings (SSSR count). The minimum absolute atomic E-state index is 0.0771. The van der Waals surface area contributed by atoms with Crippen molar-refractivity contribution in [2.24, 2.45) is 7.05 Å². The third-order valence-corrected chi connectivity index (χ3v) is 6.56. The Balaban J connectivity index is 1.48. The van der Waals surface area contributed by atoms with Crippen molar-refractivity contribution < 1.29 is 19.2 Å². The maximum Gasteiger partial charge on any atom is 0.270 e. The number of halogens is 1. The van der Waals surface area contributed by atoms with Crippen LogP contribution in [-0.4, -0.2) is 31.6 Å². The average molecular weight is 560 g/mol. The van der Waals surface area contributed by atoms with Crippen molar-refractivity contribution in [2.45, 2.75) is 0 Å². The van der Waals surface area contributed by atoms with Crippen molar-refractivity contribution in [1.82, 2.24) is 15.1 Å². The van der Waals surface area contributed by atoms with Crippen LogP contribution in [0.3, 0.4) is 0 Å². The number of nitrogens with one attached hydrogen (secondary N) is 1. The molecule has 2 amide bonds. The molecule has 2 heterocycles. The molecule has 12 heteroatoms. The first-order valence-corrected chi connectivity index (χ1v) is 12.2. The van der Waals surface area contributed by atoms with Crippen LogP contribution >= 0.6 is 23.8 Å². The molecule has 0 atom stereocenters. The van der Waals surface area contributed by atoms with E-state index in [2.05, 4.69) is 10.4 Å². The number of amides is 2. The van der Waals surface area contributed by atoms with Gasteiger partial charge in [-0.05, 0) is 66.8 Å². The molecule has 0 spiro atoms. The average Bonchev–Trinajstić information content (AvgIpc) is 3.21. The number of aryl methyl sites for hydroxylation is 1. The summed E-state index contributed by atoms with van der Waals surface area (Å²) in [5, 5.41) is 18.0. The summed E-state index contributed by atoms with van der Waals surface area (Å²) < 4.78 is 7.18. The van der Waals surface area contributed by atoms with E-state index in [0.717, 1.165) is 0 Å². The summed E-state index contributed by atoms with van der Waals surface area (Å²) in [6, 6.07) is 21.6. The van der Waals surface area contributed by atoms with Gasteiger partial charge in [0, 0.05) is 30.3 Å². The number of nitrogens with zero attached hydrogens (tertiary/aromatic N) is 4. The first-order valence-electron chi connectivity index (χ1n) is 11.4. The molecule has 1 saturated heterocycles. The SMILES string of the molecule is Cn1nc(-c2ccc([N+](=O)[O-])cc2)c(C=C2C(=O)NC(=S)N(c3ccc(Oc4ccccc4)cc3)C2=O)c1Cl. The van der Waals surface area contributed by atoms with Crippen LogP contribution in [0.2, 0.25) is 5.15 Å². The molecule has 1 aliphatic rings. The summed E-state index contributed by atoms with van der Waals surface area (Å²) in [6.45, 7) is 0. The number of thiocarbonyl (C=S) groups is 1.